The molecule has 2 atom stereocenters. The molecule has 3 aliphatic rings. The summed E-state index contributed by atoms with van der Waals surface area (Å²) >= 11 is 3.23. The van der Waals surface area contributed by atoms with Crippen LogP contribution in [-0.2, 0) is 6.42 Å². The van der Waals surface area contributed by atoms with E-state index in [4.69, 9.17) is 5.73 Å². The third-order valence-corrected chi connectivity index (χ3v) is 4.88. The first-order valence-corrected chi connectivity index (χ1v) is 7.59. The van der Waals surface area contributed by atoms with Crippen molar-refractivity contribution in [3.63, 3.8) is 0 Å². The number of nitrogens with zero attached hydrogens (tertiary/aromatic N) is 2. The average molecular weight is 328 g/mol. The van der Waals surface area contributed by atoms with E-state index in [0.717, 1.165) is 31.6 Å². The van der Waals surface area contributed by atoms with Gasteiger partial charge in [0.15, 0.2) is 0 Å². The van der Waals surface area contributed by atoms with Crippen LogP contribution in [-0.4, -0.2) is 54.6 Å². The van der Waals surface area contributed by atoms with Gasteiger partial charge in [0.1, 0.15) is 5.82 Å². The zero-order chi connectivity index (χ0) is 13.4. The normalized spacial score (nSPS) is 31.4. The molecule has 4 rings (SSSR count). The molecule has 0 saturated carbocycles. The van der Waals surface area contributed by atoms with E-state index in [-0.39, 0.29) is 11.9 Å². The average Bonchev–Trinajstić information content (AvgIpc) is 2.44. The molecule has 5 heteroatoms. The van der Waals surface area contributed by atoms with Crippen LogP contribution in [0.25, 0.3) is 0 Å². The van der Waals surface area contributed by atoms with Gasteiger partial charge in [0.05, 0.1) is 4.47 Å². The Bertz CT molecular complexity index is 460. The molecule has 3 aliphatic heterocycles. The predicted molar refractivity (Wildman–Crippen MR) is 77.6 cm³/mol. The van der Waals surface area contributed by atoms with Gasteiger partial charge in [-0.05, 0) is 40.0 Å². The number of piperazine rings is 3. The van der Waals surface area contributed by atoms with Crippen molar-refractivity contribution in [3.05, 3.63) is 34.1 Å². The van der Waals surface area contributed by atoms with Gasteiger partial charge in [0, 0.05) is 44.8 Å². The van der Waals surface area contributed by atoms with E-state index in [2.05, 4.69) is 25.7 Å². The minimum Gasteiger partial charge on any atom is -0.326 e. The second-order valence-corrected chi connectivity index (χ2v) is 6.37. The standard InChI is InChI=1S/C14H19BrFN3/c15-11-7-10(1-2-12(11)16)8-13(17)14-9-18-3-5-19(14)6-4-18/h1-2,7,13-14H,3-6,8-9,17H2. The largest absolute Gasteiger partial charge is 0.326 e. The summed E-state index contributed by atoms with van der Waals surface area (Å²) in [7, 11) is 0. The van der Waals surface area contributed by atoms with Crippen LogP contribution in [0.4, 0.5) is 4.39 Å². The molecule has 0 aromatic heterocycles. The lowest BCUT2D eigenvalue weighted by Gasteiger charge is -2.49. The lowest BCUT2D eigenvalue weighted by molar-refractivity contribution is 0.00258. The van der Waals surface area contributed by atoms with Crippen molar-refractivity contribution in [1.82, 2.24) is 9.80 Å². The van der Waals surface area contributed by atoms with Crippen molar-refractivity contribution in [1.29, 1.82) is 0 Å². The molecule has 0 radical (unpaired) electrons. The summed E-state index contributed by atoms with van der Waals surface area (Å²) < 4.78 is 13.7. The number of hydrogen-bond donors (Lipinski definition) is 1. The van der Waals surface area contributed by atoms with Gasteiger partial charge in [-0.3, -0.25) is 9.80 Å². The van der Waals surface area contributed by atoms with Crippen molar-refractivity contribution < 1.29 is 4.39 Å². The fourth-order valence-electron chi connectivity index (χ4n) is 3.14. The minimum atomic E-state index is -0.219. The first-order chi connectivity index (χ1) is 9.13. The second kappa shape index (κ2) is 5.48. The maximum absolute atomic E-state index is 13.2. The fraction of sp³-hybridized carbons (Fsp3) is 0.571. The third kappa shape index (κ3) is 2.84. The van der Waals surface area contributed by atoms with E-state index >= 15 is 0 Å². The molecule has 3 saturated heterocycles. The van der Waals surface area contributed by atoms with E-state index in [9.17, 15) is 4.39 Å². The van der Waals surface area contributed by atoms with Crippen LogP contribution < -0.4 is 5.73 Å². The number of hydrogen-bond acceptors (Lipinski definition) is 3. The van der Waals surface area contributed by atoms with Crippen LogP contribution >= 0.6 is 15.9 Å². The van der Waals surface area contributed by atoms with Gasteiger partial charge >= 0.3 is 0 Å². The molecule has 2 bridgehead atoms. The van der Waals surface area contributed by atoms with Gasteiger partial charge in [0.2, 0.25) is 0 Å². The molecule has 0 amide bonds. The zero-order valence-electron chi connectivity index (χ0n) is 10.9. The number of rotatable bonds is 3. The van der Waals surface area contributed by atoms with E-state index in [1.165, 1.54) is 19.2 Å². The van der Waals surface area contributed by atoms with Crippen molar-refractivity contribution in [2.24, 2.45) is 5.73 Å². The quantitative estimate of drug-likeness (QED) is 0.912. The van der Waals surface area contributed by atoms with Crippen molar-refractivity contribution in [3.8, 4) is 0 Å². The summed E-state index contributed by atoms with van der Waals surface area (Å²) in [5, 5.41) is 0. The van der Waals surface area contributed by atoms with Gasteiger partial charge in [0.25, 0.3) is 0 Å². The van der Waals surface area contributed by atoms with E-state index in [0.29, 0.717) is 10.5 Å². The Hall–Kier alpha value is -0.490. The molecule has 3 nitrogen and oxygen atoms in total. The Labute approximate surface area is 121 Å². The Kier molecular flexibility index (Phi) is 3.89. The highest BCUT2D eigenvalue weighted by Gasteiger charge is 2.35. The van der Waals surface area contributed by atoms with Gasteiger partial charge < -0.3 is 5.73 Å². The van der Waals surface area contributed by atoms with Crippen LogP contribution in [0.1, 0.15) is 5.56 Å². The maximum atomic E-state index is 13.2. The van der Waals surface area contributed by atoms with Crippen LogP contribution in [0.3, 0.4) is 0 Å². The maximum Gasteiger partial charge on any atom is 0.137 e. The third-order valence-electron chi connectivity index (χ3n) is 4.27. The van der Waals surface area contributed by atoms with Crippen LogP contribution in [0.2, 0.25) is 0 Å². The molecular weight excluding hydrogens is 309 g/mol. The highest BCUT2D eigenvalue weighted by Crippen LogP contribution is 2.21. The molecule has 2 N–H and O–H groups in total. The Balaban J connectivity index is 1.67. The summed E-state index contributed by atoms with van der Waals surface area (Å²) in [5.41, 5.74) is 7.47. The summed E-state index contributed by atoms with van der Waals surface area (Å²) in [5.74, 6) is -0.219. The topological polar surface area (TPSA) is 32.5 Å². The Morgan fingerprint density at radius 2 is 2.05 bits per heavy atom. The molecule has 3 heterocycles. The lowest BCUT2D eigenvalue weighted by Crippen LogP contribution is -2.66. The Morgan fingerprint density at radius 3 is 2.63 bits per heavy atom. The van der Waals surface area contributed by atoms with Crippen molar-refractivity contribution in [2.75, 3.05) is 32.7 Å². The minimum absolute atomic E-state index is 0.112. The summed E-state index contributed by atoms with van der Waals surface area (Å²) in [6, 6.07) is 5.72. The molecule has 104 valence electrons. The molecule has 19 heavy (non-hydrogen) atoms. The van der Waals surface area contributed by atoms with Gasteiger partial charge in [-0.15, -0.1) is 0 Å². The van der Waals surface area contributed by atoms with Crippen LogP contribution in [0.5, 0.6) is 0 Å². The van der Waals surface area contributed by atoms with Crippen LogP contribution in [0, 0.1) is 5.82 Å². The first kappa shape index (κ1) is 13.5. The van der Waals surface area contributed by atoms with E-state index < -0.39 is 0 Å². The lowest BCUT2D eigenvalue weighted by atomic mass is 9.95. The number of halogens is 2. The predicted octanol–water partition coefficient (Wildman–Crippen LogP) is 1.46. The number of fused-ring (bicyclic) bond motifs is 3. The van der Waals surface area contributed by atoms with Gasteiger partial charge in [-0.2, -0.15) is 0 Å². The highest BCUT2D eigenvalue weighted by molar-refractivity contribution is 9.10. The Morgan fingerprint density at radius 1 is 1.32 bits per heavy atom. The molecule has 3 fully saturated rings. The SMILES string of the molecule is NC(Cc1ccc(F)c(Br)c1)C1CN2CCN1CC2. The molecule has 1 aromatic rings. The number of nitrogens with two attached hydrogens (primary N) is 1. The summed E-state index contributed by atoms with van der Waals surface area (Å²) in [6.45, 7) is 5.68. The van der Waals surface area contributed by atoms with E-state index in [1.54, 1.807) is 0 Å². The fourth-order valence-corrected chi connectivity index (χ4v) is 3.56. The first-order valence-electron chi connectivity index (χ1n) is 6.79. The molecule has 0 spiro atoms. The highest BCUT2D eigenvalue weighted by atomic mass is 79.9. The zero-order valence-corrected chi connectivity index (χ0v) is 12.4. The summed E-state index contributed by atoms with van der Waals surface area (Å²) in [6.07, 6.45) is 0.799. The smallest absolute Gasteiger partial charge is 0.137 e. The van der Waals surface area contributed by atoms with Crippen molar-refractivity contribution >= 4 is 15.9 Å². The van der Waals surface area contributed by atoms with Gasteiger partial charge in [-0.1, -0.05) is 6.07 Å². The monoisotopic (exact) mass is 327 g/mol. The van der Waals surface area contributed by atoms with Gasteiger partial charge in [-0.25, -0.2) is 4.39 Å². The second-order valence-electron chi connectivity index (χ2n) is 5.52. The van der Waals surface area contributed by atoms with Crippen LogP contribution in [0.15, 0.2) is 22.7 Å². The number of benzene rings is 1. The molecule has 1 aromatic carbocycles. The van der Waals surface area contributed by atoms with E-state index in [1.807, 2.05) is 12.1 Å². The summed E-state index contributed by atoms with van der Waals surface area (Å²) in [4.78, 5) is 4.99. The molecular formula is C14H19BrFN3. The molecule has 0 aliphatic carbocycles. The van der Waals surface area contributed by atoms with Crippen molar-refractivity contribution in [2.45, 2.75) is 18.5 Å². The molecule has 2 unspecified atom stereocenters.